The minimum atomic E-state index is -0.301. The van der Waals surface area contributed by atoms with Crippen LogP contribution in [0.15, 0.2) is 18.2 Å². The molecule has 0 unspecified atom stereocenters. The van der Waals surface area contributed by atoms with Gasteiger partial charge < -0.3 is 9.72 Å². The Morgan fingerprint density at radius 3 is 2.96 bits per heavy atom. The summed E-state index contributed by atoms with van der Waals surface area (Å²) >= 11 is 0. The molecule has 1 aromatic heterocycles. The van der Waals surface area contributed by atoms with E-state index in [-0.39, 0.29) is 18.0 Å². The van der Waals surface area contributed by atoms with Crippen molar-refractivity contribution in [2.45, 2.75) is 51.0 Å². The van der Waals surface area contributed by atoms with Gasteiger partial charge in [0.1, 0.15) is 6.10 Å². The van der Waals surface area contributed by atoms with E-state index in [0.29, 0.717) is 5.56 Å². The van der Waals surface area contributed by atoms with Gasteiger partial charge in [-0.25, -0.2) is 4.79 Å². The van der Waals surface area contributed by atoms with Crippen LogP contribution in [0.2, 0.25) is 0 Å². The molecule has 0 spiro atoms. The highest BCUT2D eigenvalue weighted by Gasteiger charge is 2.30. The van der Waals surface area contributed by atoms with Crippen LogP contribution in [-0.2, 0) is 17.6 Å². The zero-order chi connectivity index (χ0) is 15.8. The predicted molar refractivity (Wildman–Crippen MR) is 87.1 cm³/mol. The van der Waals surface area contributed by atoms with Crippen molar-refractivity contribution in [3.05, 3.63) is 35.0 Å². The van der Waals surface area contributed by atoms with Crippen LogP contribution < -0.4 is 0 Å². The molecule has 4 heteroatoms. The summed E-state index contributed by atoms with van der Waals surface area (Å²) in [4.78, 5) is 15.9. The number of aryl methyl sites for hydroxylation is 2. The van der Waals surface area contributed by atoms with Gasteiger partial charge in [0, 0.05) is 16.6 Å². The van der Waals surface area contributed by atoms with E-state index in [0.717, 1.165) is 43.0 Å². The number of aromatic amines is 1. The van der Waals surface area contributed by atoms with Gasteiger partial charge >= 0.3 is 5.97 Å². The lowest BCUT2D eigenvalue weighted by Gasteiger charge is -2.15. The minimum absolute atomic E-state index is 0.150. The Kier molecular flexibility index (Phi) is 3.57. The van der Waals surface area contributed by atoms with E-state index in [4.69, 9.17) is 10.00 Å². The molecular weight excluding hydrogens is 288 g/mol. The van der Waals surface area contributed by atoms with Crippen molar-refractivity contribution < 1.29 is 9.53 Å². The van der Waals surface area contributed by atoms with Crippen molar-refractivity contribution in [1.29, 1.82) is 5.26 Å². The van der Waals surface area contributed by atoms with Gasteiger partial charge in [-0.1, -0.05) is 0 Å². The first kappa shape index (κ1) is 14.3. The Morgan fingerprint density at radius 1 is 1.22 bits per heavy atom. The second-order valence-electron chi connectivity index (χ2n) is 6.66. The molecule has 0 amide bonds. The molecule has 1 fully saturated rings. The average Bonchev–Trinajstić information content (AvgIpc) is 3.17. The molecule has 1 aromatic carbocycles. The molecular formula is C19H20N2O2. The Bertz CT molecular complexity index is 800. The first-order chi connectivity index (χ1) is 11.3. The number of esters is 1. The zero-order valence-electron chi connectivity index (χ0n) is 13.1. The fourth-order valence-electron chi connectivity index (χ4n) is 3.95. The summed E-state index contributed by atoms with van der Waals surface area (Å²) in [5, 5.41) is 10.3. The highest BCUT2D eigenvalue weighted by atomic mass is 16.5. The van der Waals surface area contributed by atoms with Crippen molar-refractivity contribution in [3.8, 4) is 6.07 Å². The number of nitrogens with one attached hydrogen (secondary N) is 1. The largest absolute Gasteiger partial charge is 0.457 e. The number of ether oxygens (including phenoxy) is 1. The molecule has 0 bridgehead atoms. The molecule has 4 nitrogen and oxygen atoms in total. The first-order valence-electron chi connectivity index (χ1n) is 8.50. The second kappa shape index (κ2) is 5.73. The van der Waals surface area contributed by atoms with E-state index in [2.05, 4.69) is 11.1 Å². The molecule has 0 saturated heterocycles. The quantitative estimate of drug-likeness (QED) is 0.856. The van der Waals surface area contributed by atoms with Crippen molar-refractivity contribution in [3.63, 3.8) is 0 Å². The normalized spacial score (nSPS) is 23.4. The molecule has 4 rings (SSSR count). The van der Waals surface area contributed by atoms with Crippen LogP contribution >= 0.6 is 0 Å². The molecule has 2 aromatic rings. The Balaban J connectivity index is 1.61. The van der Waals surface area contributed by atoms with Gasteiger partial charge in [0.2, 0.25) is 0 Å². The molecule has 0 aliphatic heterocycles. The maximum atomic E-state index is 12.5. The topological polar surface area (TPSA) is 65.9 Å². The lowest BCUT2D eigenvalue weighted by molar-refractivity contribution is 0.0260. The van der Waals surface area contributed by atoms with Gasteiger partial charge in [0.15, 0.2) is 0 Å². The van der Waals surface area contributed by atoms with Crippen LogP contribution in [0.1, 0.15) is 53.7 Å². The van der Waals surface area contributed by atoms with E-state index >= 15 is 0 Å². The molecule has 2 atom stereocenters. The maximum Gasteiger partial charge on any atom is 0.338 e. The fourth-order valence-corrected chi connectivity index (χ4v) is 3.95. The summed E-state index contributed by atoms with van der Waals surface area (Å²) in [6.07, 6.45) is 6.95. The summed E-state index contributed by atoms with van der Waals surface area (Å²) < 4.78 is 5.60. The van der Waals surface area contributed by atoms with Gasteiger partial charge in [-0.3, -0.25) is 0 Å². The van der Waals surface area contributed by atoms with E-state index in [1.165, 1.54) is 24.1 Å². The third-order valence-corrected chi connectivity index (χ3v) is 5.21. The smallest absolute Gasteiger partial charge is 0.338 e. The Hall–Kier alpha value is -2.28. The van der Waals surface area contributed by atoms with Crippen LogP contribution in [0.25, 0.3) is 10.9 Å². The number of nitrogens with zero attached hydrogens (tertiary/aromatic N) is 1. The first-order valence-corrected chi connectivity index (χ1v) is 8.50. The zero-order valence-corrected chi connectivity index (χ0v) is 13.1. The van der Waals surface area contributed by atoms with Crippen LogP contribution in [0, 0.1) is 17.2 Å². The standard InChI is InChI=1S/C19H20N2O2/c20-11-13-4-3-7-18(13)23-19(22)12-8-9-17-15(10-12)14-5-1-2-6-16(14)21-17/h8-10,13,18,21H,1-7H2/t13-,18-/m1/s1. The molecule has 1 N–H and O–H groups in total. The van der Waals surface area contributed by atoms with E-state index in [1.54, 1.807) is 0 Å². The van der Waals surface area contributed by atoms with E-state index in [9.17, 15) is 4.79 Å². The summed E-state index contributed by atoms with van der Waals surface area (Å²) in [6.45, 7) is 0. The van der Waals surface area contributed by atoms with Gasteiger partial charge in [0.05, 0.1) is 17.6 Å². The molecule has 2 aliphatic rings. The monoisotopic (exact) mass is 308 g/mol. The highest BCUT2D eigenvalue weighted by Crippen LogP contribution is 2.31. The number of carbonyl (C=O) groups is 1. The third kappa shape index (κ3) is 2.50. The summed E-state index contributed by atoms with van der Waals surface area (Å²) in [5.41, 5.74) is 4.37. The molecule has 1 heterocycles. The molecule has 23 heavy (non-hydrogen) atoms. The predicted octanol–water partition coefficient (Wildman–Crippen LogP) is 3.90. The van der Waals surface area contributed by atoms with Crippen LogP contribution in [0.3, 0.4) is 0 Å². The summed E-state index contributed by atoms with van der Waals surface area (Å²) in [5.74, 6) is -0.451. The molecule has 0 radical (unpaired) electrons. The van der Waals surface area contributed by atoms with Crippen molar-refractivity contribution in [2.24, 2.45) is 5.92 Å². The van der Waals surface area contributed by atoms with Crippen LogP contribution in [-0.4, -0.2) is 17.1 Å². The number of nitriles is 1. The maximum absolute atomic E-state index is 12.5. The van der Waals surface area contributed by atoms with E-state index in [1.807, 2.05) is 18.2 Å². The number of H-pyrrole nitrogens is 1. The lowest BCUT2D eigenvalue weighted by Crippen LogP contribution is -2.21. The van der Waals surface area contributed by atoms with Gasteiger partial charge in [-0.2, -0.15) is 5.26 Å². The molecule has 1 saturated carbocycles. The molecule has 118 valence electrons. The lowest BCUT2D eigenvalue weighted by atomic mass is 9.95. The average molecular weight is 308 g/mol. The van der Waals surface area contributed by atoms with Crippen LogP contribution in [0.5, 0.6) is 0 Å². The number of hydrogen-bond acceptors (Lipinski definition) is 3. The van der Waals surface area contributed by atoms with E-state index < -0.39 is 0 Å². The van der Waals surface area contributed by atoms with Crippen LogP contribution in [0.4, 0.5) is 0 Å². The minimum Gasteiger partial charge on any atom is -0.457 e. The van der Waals surface area contributed by atoms with Crippen molar-refractivity contribution in [2.75, 3.05) is 0 Å². The summed E-state index contributed by atoms with van der Waals surface area (Å²) in [6, 6.07) is 8.00. The number of rotatable bonds is 2. The number of fused-ring (bicyclic) bond motifs is 3. The highest BCUT2D eigenvalue weighted by molar-refractivity contribution is 5.96. The van der Waals surface area contributed by atoms with Crippen molar-refractivity contribution >= 4 is 16.9 Å². The number of aromatic nitrogens is 1. The number of benzene rings is 1. The van der Waals surface area contributed by atoms with Gasteiger partial charge in [-0.05, 0) is 68.7 Å². The third-order valence-electron chi connectivity index (χ3n) is 5.21. The summed E-state index contributed by atoms with van der Waals surface area (Å²) in [7, 11) is 0. The number of hydrogen-bond donors (Lipinski definition) is 1. The Morgan fingerprint density at radius 2 is 2.09 bits per heavy atom. The Labute approximate surface area is 135 Å². The fraction of sp³-hybridized carbons (Fsp3) is 0.474. The number of carbonyl (C=O) groups excluding carboxylic acids is 1. The second-order valence-corrected chi connectivity index (χ2v) is 6.66. The van der Waals surface area contributed by atoms with Crippen molar-refractivity contribution in [1.82, 2.24) is 4.98 Å². The van der Waals surface area contributed by atoms with Gasteiger partial charge in [0.25, 0.3) is 0 Å². The SMILES string of the molecule is N#C[C@H]1CCC[C@H]1OC(=O)c1ccc2[nH]c3c(c2c1)CCCC3. The van der Waals surface area contributed by atoms with Gasteiger partial charge in [-0.15, -0.1) is 0 Å². The molecule has 2 aliphatic carbocycles.